The van der Waals surface area contributed by atoms with Crippen LogP contribution in [0, 0.1) is 11.8 Å². The molecule has 2 amide bonds. The van der Waals surface area contributed by atoms with Crippen LogP contribution < -0.4 is 5.32 Å². The second-order valence-electron chi connectivity index (χ2n) is 7.23. The molecule has 3 fully saturated rings. The molecule has 25 heavy (non-hydrogen) atoms. The van der Waals surface area contributed by atoms with Gasteiger partial charge in [-0.2, -0.15) is 0 Å². The zero-order valence-electron chi connectivity index (χ0n) is 14.9. The van der Waals surface area contributed by atoms with Crippen LogP contribution in [0.25, 0.3) is 0 Å². The van der Waals surface area contributed by atoms with E-state index >= 15 is 0 Å². The van der Waals surface area contributed by atoms with E-state index in [-0.39, 0.29) is 48.8 Å². The number of nitrogens with one attached hydrogen (secondary N) is 1. The number of carbonyl (C=O) groups is 3. The van der Waals surface area contributed by atoms with E-state index in [0.717, 1.165) is 12.8 Å². The predicted octanol–water partition coefficient (Wildman–Crippen LogP) is 0.158. The molecule has 0 aromatic rings. The minimum absolute atomic E-state index is 0.0265. The van der Waals surface area contributed by atoms with Gasteiger partial charge in [0.2, 0.25) is 11.8 Å². The van der Waals surface area contributed by atoms with E-state index in [9.17, 15) is 19.5 Å². The van der Waals surface area contributed by atoms with Crippen LogP contribution in [-0.4, -0.2) is 69.6 Å². The molecule has 0 aromatic carbocycles. The van der Waals surface area contributed by atoms with E-state index in [1.54, 1.807) is 18.7 Å². The first-order valence-electron chi connectivity index (χ1n) is 8.93. The summed E-state index contributed by atoms with van der Waals surface area (Å²) in [7, 11) is 0. The molecule has 3 aliphatic rings. The molecule has 8 heteroatoms. The summed E-state index contributed by atoms with van der Waals surface area (Å²) in [6.45, 7) is 5.67. The molecule has 3 heterocycles. The summed E-state index contributed by atoms with van der Waals surface area (Å²) in [5.74, 6) is -1.77. The maximum Gasteiger partial charge on any atom is 0.310 e. The monoisotopic (exact) mass is 370 g/mol. The van der Waals surface area contributed by atoms with Crippen molar-refractivity contribution in [2.24, 2.45) is 11.8 Å². The molecule has 3 rings (SSSR count). The predicted molar refractivity (Wildman–Crippen MR) is 92.8 cm³/mol. The van der Waals surface area contributed by atoms with Crippen LogP contribution in [-0.2, 0) is 19.1 Å². The fraction of sp³-hybridized carbons (Fsp3) is 0.824. The average Bonchev–Trinajstić information content (AvgIpc) is 3.15. The molecule has 5 atom stereocenters. The highest BCUT2D eigenvalue weighted by atomic mass is 32.2. The summed E-state index contributed by atoms with van der Waals surface area (Å²) in [5, 5.41) is 12.3. The van der Waals surface area contributed by atoms with Gasteiger partial charge in [-0.25, -0.2) is 0 Å². The van der Waals surface area contributed by atoms with Crippen LogP contribution >= 0.6 is 11.8 Å². The highest BCUT2D eigenvalue weighted by molar-refractivity contribution is 8.02. The Kier molecular flexibility index (Phi) is 5.03. The molecule has 0 saturated carbocycles. The number of carbonyl (C=O) groups excluding carboxylic acids is 3. The minimum atomic E-state index is -0.644. The second-order valence-corrected chi connectivity index (χ2v) is 8.83. The number of β-amino-alcohol motifs (C(OH)–C–C–N with tert-alkyl or cyclic N) is 1. The molecule has 0 radical (unpaired) electrons. The first-order chi connectivity index (χ1) is 11.9. The summed E-state index contributed by atoms with van der Waals surface area (Å²) in [6, 6.07) is -0.688. The highest BCUT2D eigenvalue weighted by Crippen LogP contribution is 2.66. The Bertz CT molecular complexity index is 583. The number of nitrogens with zero attached hydrogens (tertiary/aromatic N) is 1. The van der Waals surface area contributed by atoms with Crippen molar-refractivity contribution in [2.75, 3.05) is 19.8 Å². The van der Waals surface area contributed by atoms with Gasteiger partial charge < -0.3 is 20.1 Å². The Balaban J connectivity index is 1.98. The summed E-state index contributed by atoms with van der Waals surface area (Å²) in [4.78, 5) is 40.0. The lowest BCUT2D eigenvalue weighted by atomic mass is 9.71. The van der Waals surface area contributed by atoms with Crippen molar-refractivity contribution in [1.82, 2.24) is 10.2 Å². The lowest BCUT2D eigenvalue weighted by molar-refractivity contribution is -0.153. The van der Waals surface area contributed by atoms with E-state index in [1.807, 2.05) is 13.8 Å². The Labute approximate surface area is 151 Å². The van der Waals surface area contributed by atoms with Crippen LogP contribution in [0.2, 0.25) is 0 Å². The van der Waals surface area contributed by atoms with Crippen LogP contribution in [0.15, 0.2) is 0 Å². The number of esters is 1. The summed E-state index contributed by atoms with van der Waals surface area (Å²) >= 11 is 1.60. The van der Waals surface area contributed by atoms with E-state index in [4.69, 9.17) is 4.74 Å². The molecule has 3 aliphatic heterocycles. The molecule has 0 aliphatic carbocycles. The zero-order chi connectivity index (χ0) is 18.4. The average molecular weight is 370 g/mol. The lowest BCUT2D eigenvalue weighted by Gasteiger charge is -2.34. The quantitative estimate of drug-likeness (QED) is 0.647. The van der Waals surface area contributed by atoms with Gasteiger partial charge in [0.1, 0.15) is 6.04 Å². The van der Waals surface area contributed by atoms with Gasteiger partial charge in [-0.3, -0.25) is 14.4 Å². The van der Waals surface area contributed by atoms with Gasteiger partial charge >= 0.3 is 5.97 Å². The number of hydrogen-bond acceptors (Lipinski definition) is 6. The van der Waals surface area contributed by atoms with Crippen LogP contribution in [0.5, 0.6) is 0 Å². The van der Waals surface area contributed by atoms with Crippen LogP contribution in [0.3, 0.4) is 0 Å². The van der Waals surface area contributed by atoms with Crippen molar-refractivity contribution >= 4 is 29.5 Å². The number of ether oxygens (including phenoxy) is 1. The maximum atomic E-state index is 13.1. The van der Waals surface area contributed by atoms with Crippen molar-refractivity contribution in [3.63, 3.8) is 0 Å². The molecule has 0 aromatic heterocycles. The molecular formula is C17H26N2O5S. The van der Waals surface area contributed by atoms with Crippen molar-refractivity contribution in [3.8, 4) is 0 Å². The molecular weight excluding hydrogens is 344 g/mol. The Morgan fingerprint density at radius 1 is 1.48 bits per heavy atom. The number of hydrogen-bond donors (Lipinski definition) is 2. The number of rotatable bonds is 6. The van der Waals surface area contributed by atoms with Crippen molar-refractivity contribution in [2.45, 2.75) is 55.7 Å². The fourth-order valence-corrected chi connectivity index (χ4v) is 6.88. The summed E-state index contributed by atoms with van der Waals surface area (Å²) in [5.41, 5.74) is 0. The van der Waals surface area contributed by atoms with Crippen LogP contribution in [0.1, 0.15) is 33.6 Å². The highest BCUT2D eigenvalue weighted by Gasteiger charge is 2.73. The normalized spacial score (nSPS) is 36.0. The first-order valence-corrected chi connectivity index (χ1v) is 9.81. The third-order valence-electron chi connectivity index (χ3n) is 5.38. The van der Waals surface area contributed by atoms with Gasteiger partial charge in [-0.05, 0) is 33.6 Å². The fourth-order valence-electron chi connectivity index (χ4n) is 4.67. The third-order valence-corrected chi connectivity index (χ3v) is 7.33. The van der Waals surface area contributed by atoms with Crippen molar-refractivity contribution in [1.29, 1.82) is 0 Å². The Morgan fingerprint density at radius 3 is 2.80 bits per heavy atom. The smallest absolute Gasteiger partial charge is 0.310 e. The minimum Gasteiger partial charge on any atom is -0.466 e. The molecule has 1 spiro atoms. The SMILES string of the molecule is CCOC(=O)[C@@H]1[C@H]2C(=O)N(CCO)C(C(=O)NC(C)C)C23CC[C@H]1S3. The van der Waals surface area contributed by atoms with E-state index in [0.29, 0.717) is 0 Å². The van der Waals surface area contributed by atoms with Gasteiger partial charge in [-0.15, -0.1) is 11.8 Å². The van der Waals surface area contributed by atoms with Crippen LogP contribution in [0.4, 0.5) is 0 Å². The van der Waals surface area contributed by atoms with E-state index in [2.05, 4.69) is 5.32 Å². The van der Waals surface area contributed by atoms with Gasteiger partial charge in [0.05, 0.1) is 29.8 Å². The molecule has 140 valence electrons. The number of aliphatic hydroxyl groups is 1. The Hall–Kier alpha value is -1.28. The summed E-state index contributed by atoms with van der Waals surface area (Å²) < 4.78 is 4.62. The molecule has 2 unspecified atom stereocenters. The number of aliphatic hydroxyl groups excluding tert-OH is 1. The van der Waals surface area contributed by atoms with E-state index < -0.39 is 22.6 Å². The van der Waals surface area contributed by atoms with Gasteiger partial charge in [0.25, 0.3) is 0 Å². The van der Waals surface area contributed by atoms with Crippen molar-refractivity contribution in [3.05, 3.63) is 0 Å². The topological polar surface area (TPSA) is 95.9 Å². The third kappa shape index (κ3) is 2.73. The number of thioether (sulfide) groups is 1. The molecule has 7 nitrogen and oxygen atoms in total. The van der Waals surface area contributed by atoms with E-state index in [1.165, 1.54) is 4.90 Å². The second kappa shape index (κ2) is 6.79. The van der Waals surface area contributed by atoms with Crippen molar-refractivity contribution < 1.29 is 24.2 Å². The Morgan fingerprint density at radius 2 is 2.20 bits per heavy atom. The number of amides is 2. The van der Waals surface area contributed by atoms with Gasteiger partial charge in [-0.1, -0.05) is 0 Å². The first kappa shape index (κ1) is 18.5. The number of likely N-dealkylation sites (tertiary alicyclic amines) is 1. The largest absolute Gasteiger partial charge is 0.466 e. The number of fused-ring (bicyclic) bond motifs is 1. The van der Waals surface area contributed by atoms with Gasteiger partial charge in [0.15, 0.2) is 0 Å². The maximum absolute atomic E-state index is 13.1. The summed E-state index contributed by atoms with van der Waals surface area (Å²) in [6.07, 6.45) is 1.53. The molecule has 3 saturated heterocycles. The lowest BCUT2D eigenvalue weighted by Crippen LogP contribution is -2.55. The zero-order valence-corrected chi connectivity index (χ0v) is 15.7. The molecule has 2 bridgehead atoms. The van der Waals surface area contributed by atoms with Gasteiger partial charge in [0, 0.05) is 17.8 Å². The molecule has 2 N–H and O–H groups in total. The standard InChI is InChI=1S/C17H26N2O5S/c1-4-24-16(23)11-10-5-6-17(25-10)12(11)15(22)19(7-8-20)13(17)14(21)18-9(2)3/h9-13,20H,4-8H2,1-3H3,(H,18,21)/t10-,11+,12+,13?,17?/m1/s1.